The molecule has 0 saturated carbocycles. The van der Waals surface area contributed by atoms with E-state index in [1.165, 1.54) is 13.3 Å². The molecule has 4 heteroatoms. The van der Waals surface area contributed by atoms with E-state index in [9.17, 15) is 4.79 Å². The summed E-state index contributed by atoms with van der Waals surface area (Å²) >= 11 is 3.17. The van der Waals surface area contributed by atoms with Gasteiger partial charge in [-0.2, -0.15) is 0 Å². The Labute approximate surface area is 72.5 Å². The van der Waals surface area contributed by atoms with Gasteiger partial charge in [-0.15, -0.1) is 0 Å². The third kappa shape index (κ3) is 1.57. The minimum atomic E-state index is 0.481. The number of carbonyl (C=O) groups is 1. The lowest BCUT2D eigenvalue weighted by Gasteiger charge is -2.02. The van der Waals surface area contributed by atoms with Crippen molar-refractivity contribution in [1.29, 1.82) is 0 Å². The molecule has 0 N–H and O–H groups in total. The molecule has 1 aromatic rings. The summed E-state index contributed by atoms with van der Waals surface area (Å²) in [4.78, 5) is 14.3. The van der Waals surface area contributed by atoms with Crippen molar-refractivity contribution in [3.05, 3.63) is 22.4 Å². The van der Waals surface area contributed by atoms with Gasteiger partial charge in [0.2, 0.25) is 0 Å². The van der Waals surface area contributed by atoms with Crippen molar-refractivity contribution in [3.63, 3.8) is 0 Å². The number of halogens is 1. The van der Waals surface area contributed by atoms with Crippen molar-refractivity contribution in [2.24, 2.45) is 0 Å². The van der Waals surface area contributed by atoms with Crippen LogP contribution >= 0.6 is 15.9 Å². The van der Waals surface area contributed by atoms with Crippen LogP contribution in [-0.4, -0.2) is 18.4 Å². The molecule has 1 rings (SSSR count). The van der Waals surface area contributed by atoms with E-state index in [1.807, 2.05) is 0 Å². The lowest BCUT2D eigenvalue weighted by Crippen LogP contribution is -1.92. The van der Waals surface area contributed by atoms with Gasteiger partial charge in [-0.05, 0) is 15.9 Å². The highest BCUT2D eigenvalue weighted by Crippen LogP contribution is 2.22. The van der Waals surface area contributed by atoms with Gasteiger partial charge in [-0.3, -0.25) is 9.78 Å². The van der Waals surface area contributed by atoms with Gasteiger partial charge in [0.1, 0.15) is 5.75 Å². The van der Waals surface area contributed by atoms with Crippen molar-refractivity contribution in [3.8, 4) is 5.75 Å². The Hall–Kier alpha value is -0.900. The maximum Gasteiger partial charge on any atom is 0.155 e. The quantitative estimate of drug-likeness (QED) is 0.705. The van der Waals surface area contributed by atoms with E-state index < -0.39 is 0 Å². The van der Waals surface area contributed by atoms with Gasteiger partial charge in [0.15, 0.2) is 6.29 Å². The number of pyridine rings is 1. The molecule has 0 amide bonds. The van der Waals surface area contributed by atoms with Gasteiger partial charge in [-0.1, -0.05) is 0 Å². The molecule has 0 unspecified atom stereocenters. The number of rotatable bonds is 2. The highest BCUT2D eigenvalue weighted by Gasteiger charge is 2.04. The first kappa shape index (κ1) is 8.20. The molecule has 0 radical (unpaired) electrons. The van der Waals surface area contributed by atoms with Crippen LogP contribution in [0, 0.1) is 0 Å². The average molecular weight is 216 g/mol. The first-order valence-electron chi connectivity index (χ1n) is 2.92. The molecule has 11 heavy (non-hydrogen) atoms. The zero-order valence-electron chi connectivity index (χ0n) is 5.87. The van der Waals surface area contributed by atoms with Gasteiger partial charge < -0.3 is 4.74 Å². The van der Waals surface area contributed by atoms with E-state index in [-0.39, 0.29) is 0 Å². The Morgan fingerprint density at radius 2 is 2.36 bits per heavy atom. The Balaban J connectivity index is 3.24. The van der Waals surface area contributed by atoms with Crippen LogP contribution in [0.3, 0.4) is 0 Å². The monoisotopic (exact) mass is 215 g/mol. The van der Waals surface area contributed by atoms with Crippen molar-refractivity contribution < 1.29 is 9.53 Å². The predicted molar refractivity (Wildman–Crippen MR) is 43.9 cm³/mol. The van der Waals surface area contributed by atoms with Crippen LogP contribution in [0.15, 0.2) is 16.9 Å². The van der Waals surface area contributed by atoms with Crippen LogP contribution in [0.1, 0.15) is 10.4 Å². The Morgan fingerprint density at radius 1 is 1.64 bits per heavy atom. The molecule has 3 nitrogen and oxygen atoms in total. The number of methoxy groups -OCH3 is 1. The molecule has 1 aromatic heterocycles. The SMILES string of the molecule is COc1cncc(Br)c1C=O. The third-order valence-electron chi connectivity index (χ3n) is 1.24. The predicted octanol–water partition coefficient (Wildman–Crippen LogP) is 1.67. The summed E-state index contributed by atoms with van der Waals surface area (Å²) < 4.78 is 5.54. The summed E-state index contributed by atoms with van der Waals surface area (Å²) in [5.41, 5.74) is 0.488. The van der Waals surface area contributed by atoms with Crippen LogP contribution in [0.5, 0.6) is 5.75 Å². The first-order chi connectivity index (χ1) is 5.29. The van der Waals surface area contributed by atoms with E-state index in [4.69, 9.17) is 4.74 Å². The highest BCUT2D eigenvalue weighted by molar-refractivity contribution is 9.10. The molecule has 0 atom stereocenters. The second-order valence-electron chi connectivity index (χ2n) is 1.86. The molecule has 0 aliphatic carbocycles. The van der Waals surface area contributed by atoms with Crippen molar-refractivity contribution in [2.75, 3.05) is 7.11 Å². The minimum absolute atomic E-state index is 0.481. The number of nitrogens with zero attached hydrogens (tertiary/aromatic N) is 1. The second-order valence-corrected chi connectivity index (χ2v) is 2.71. The molecule has 0 aromatic carbocycles. The largest absolute Gasteiger partial charge is 0.494 e. The molecule has 0 spiro atoms. The molecular formula is C7H6BrNO2. The molecule has 1 heterocycles. The van der Waals surface area contributed by atoms with E-state index in [0.29, 0.717) is 15.8 Å². The second kappa shape index (κ2) is 3.48. The fourth-order valence-electron chi connectivity index (χ4n) is 0.704. The molecule has 0 saturated heterocycles. The fourth-order valence-corrected chi connectivity index (χ4v) is 1.11. The zero-order chi connectivity index (χ0) is 8.27. The average Bonchev–Trinajstić information content (AvgIpc) is 2.04. The molecule has 0 aliphatic rings. The number of aldehydes is 1. The molecule has 58 valence electrons. The zero-order valence-corrected chi connectivity index (χ0v) is 7.46. The van der Waals surface area contributed by atoms with E-state index in [2.05, 4.69) is 20.9 Å². The van der Waals surface area contributed by atoms with E-state index >= 15 is 0 Å². The topological polar surface area (TPSA) is 39.2 Å². The summed E-state index contributed by atoms with van der Waals surface area (Å²) in [5.74, 6) is 0.481. The van der Waals surface area contributed by atoms with Crippen LogP contribution < -0.4 is 4.74 Å². The van der Waals surface area contributed by atoms with E-state index in [0.717, 1.165) is 6.29 Å². The maximum atomic E-state index is 10.5. The van der Waals surface area contributed by atoms with Crippen molar-refractivity contribution in [1.82, 2.24) is 4.98 Å². The Morgan fingerprint density at radius 3 is 2.82 bits per heavy atom. The lowest BCUT2D eigenvalue weighted by atomic mass is 10.3. The smallest absolute Gasteiger partial charge is 0.155 e. The number of carbonyl (C=O) groups excluding carboxylic acids is 1. The van der Waals surface area contributed by atoms with Crippen LogP contribution in [0.25, 0.3) is 0 Å². The number of ether oxygens (including phenoxy) is 1. The summed E-state index contributed by atoms with van der Waals surface area (Å²) in [6.45, 7) is 0. The first-order valence-corrected chi connectivity index (χ1v) is 3.71. The number of hydrogen-bond donors (Lipinski definition) is 0. The third-order valence-corrected chi connectivity index (χ3v) is 1.87. The van der Waals surface area contributed by atoms with Crippen molar-refractivity contribution >= 4 is 22.2 Å². The number of aromatic nitrogens is 1. The van der Waals surface area contributed by atoms with Gasteiger partial charge in [0, 0.05) is 6.20 Å². The van der Waals surface area contributed by atoms with Crippen LogP contribution in [-0.2, 0) is 0 Å². The van der Waals surface area contributed by atoms with Crippen LogP contribution in [0.4, 0.5) is 0 Å². The summed E-state index contributed by atoms with van der Waals surface area (Å²) in [6, 6.07) is 0. The van der Waals surface area contributed by atoms with Gasteiger partial charge in [0.25, 0.3) is 0 Å². The van der Waals surface area contributed by atoms with Gasteiger partial charge in [-0.25, -0.2) is 0 Å². The lowest BCUT2D eigenvalue weighted by molar-refractivity contribution is 0.111. The summed E-state index contributed by atoms with van der Waals surface area (Å²) in [6.07, 6.45) is 3.77. The maximum absolute atomic E-state index is 10.5. The summed E-state index contributed by atoms with van der Waals surface area (Å²) in [7, 11) is 1.50. The number of hydrogen-bond acceptors (Lipinski definition) is 3. The highest BCUT2D eigenvalue weighted by atomic mass is 79.9. The van der Waals surface area contributed by atoms with Gasteiger partial charge >= 0.3 is 0 Å². The molecular weight excluding hydrogens is 210 g/mol. The standard InChI is InChI=1S/C7H6BrNO2/c1-11-7-3-9-2-6(8)5(7)4-10/h2-4H,1H3. The molecule has 0 fully saturated rings. The fraction of sp³-hybridized carbons (Fsp3) is 0.143. The van der Waals surface area contributed by atoms with Crippen LogP contribution in [0.2, 0.25) is 0 Å². The Bertz CT molecular complexity index is 275. The molecule has 0 bridgehead atoms. The van der Waals surface area contributed by atoms with Crippen molar-refractivity contribution in [2.45, 2.75) is 0 Å². The van der Waals surface area contributed by atoms with E-state index in [1.54, 1.807) is 6.20 Å². The normalized spacial score (nSPS) is 9.27. The molecule has 0 aliphatic heterocycles. The Kier molecular flexibility index (Phi) is 2.59. The summed E-state index contributed by atoms with van der Waals surface area (Å²) in [5, 5.41) is 0. The minimum Gasteiger partial charge on any atom is -0.494 e. The van der Waals surface area contributed by atoms with Gasteiger partial charge in [0.05, 0.1) is 23.3 Å².